The zero-order valence-electron chi connectivity index (χ0n) is 13.1. The van der Waals surface area contributed by atoms with Crippen molar-refractivity contribution in [1.82, 2.24) is 5.32 Å². The first-order chi connectivity index (χ1) is 10.3. The Hall–Kier alpha value is -1.22. The van der Waals surface area contributed by atoms with Gasteiger partial charge in [-0.15, -0.1) is 0 Å². The van der Waals surface area contributed by atoms with Crippen molar-refractivity contribution in [2.24, 2.45) is 11.8 Å². The third-order valence-corrected chi connectivity index (χ3v) is 4.74. The second kappa shape index (κ2) is 7.17. The Morgan fingerprint density at radius 2 is 2.10 bits per heavy atom. The van der Waals surface area contributed by atoms with E-state index in [0.717, 1.165) is 36.4 Å². The van der Waals surface area contributed by atoms with E-state index in [1.165, 1.54) is 37.7 Å². The van der Waals surface area contributed by atoms with Crippen LogP contribution in [0.25, 0.3) is 0 Å². The predicted octanol–water partition coefficient (Wildman–Crippen LogP) is 3.76. The molecule has 2 unspecified atom stereocenters. The van der Waals surface area contributed by atoms with Gasteiger partial charge in [-0.1, -0.05) is 38.3 Å². The van der Waals surface area contributed by atoms with Crippen molar-refractivity contribution in [3.63, 3.8) is 0 Å². The molecule has 1 fully saturated rings. The summed E-state index contributed by atoms with van der Waals surface area (Å²) in [5, 5.41) is 3.58. The van der Waals surface area contributed by atoms with Gasteiger partial charge in [0.15, 0.2) is 11.5 Å². The Labute approximate surface area is 128 Å². The standard InChI is InChI=1S/C18H27NO2/c1-14-4-2-5-15(12-14)8-9-19-13-16-6-3-7-17-18(16)21-11-10-20-17/h3,6-7,14-15,19H,2,4-5,8-13H2,1H3. The van der Waals surface area contributed by atoms with E-state index < -0.39 is 0 Å². The van der Waals surface area contributed by atoms with Crippen LogP contribution in [0.4, 0.5) is 0 Å². The van der Waals surface area contributed by atoms with Crippen LogP contribution in [0, 0.1) is 11.8 Å². The first-order valence-electron chi connectivity index (χ1n) is 8.41. The number of rotatable bonds is 5. The molecule has 1 aromatic rings. The molecule has 2 aliphatic rings. The second-order valence-electron chi connectivity index (χ2n) is 6.54. The summed E-state index contributed by atoms with van der Waals surface area (Å²) in [5.74, 6) is 3.67. The van der Waals surface area contributed by atoms with E-state index >= 15 is 0 Å². The molecule has 0 amide bonds. The van der Waals surface area contributed by atoms with Crippen LogP contribution in [0.2, 0.25) is 0 Å². The Morgan fingerprint density at radius 1 is 1.19 bits per heavy atom. The molecule has 1 N–H and O–H groups in total. The summed E-state index contributed by atoms with van der Waals surface area (Å²) in [7, 11) is 0. The van der Waals surface area contributed by atoms with Gasteiger partial charge in [-0.25, -0.2) is 0 Å². The van der Waals surface area contributed by atoms with Crippen LogP contribution in [0.3, 0.4) is 0 Å². The molecule has 21 heavy (non-hydrogen) atoms. The first kappa shape index (κ1) is 14.7. The van der Waals surface area contributed by atoms with Gasteiger partial charge < -0.3 is 14.8 Å². The van der Waals surface area contributed by atoms with Crippen molar-refractivity contribution in [3.05, 3.63) is 23.8 Å². The summed E-state index contributed by atoms with van der Waals surface area (Å²) in [6, 6.07) is 6.16. The maximum atomic E-state index is 5.75. The summed E-state index contributed by atoms with van der Waals surface area (Å²) in [4.78, 5) is 0. The molecule has 0 radical (unpaired) electrons. The van der Waals surface area contributed by atoms with Crippen molar-refractivity contribution in [1.29, 1.82) is 0 Å². The van der Waals surface area contributed by atoms with Crippen LogP contribution in [0.1, 0.15) is 44.6 Å². The van der Waals surface area contributed by atoms with Crippen LogP contribution in [0.15, 0.2) is 18.2 Å². The van der Waals surface area contributed by atoms with Crippen LogP contribution < -0.4 is 14.8 Å². The van der Waals surface area contributed by atoms with Crippen LogP contribution in [-0.4, -0.2) is 19.8 Å². The van der Waals surface area contributed by atoms with E-state index in [2.05, 4.69) is 18.3 Å². The van der Waals surface area contributed by atoms with Crippen molar-refractivity contribution >= 4 is 0 Å². The summed E-state index contributed by atoms with van der Waals surface area (Å²) < 4.78 is 11.4. The molecular weight excluding hydrogens is 262 g/mol. The quantitative estimate of drug-likeness (QED) is 0.837. The van der Waals surface area contributed by atoms with Crippen molar-refractivity contribution in [3.8, 4) is 11.5 Å². The maximum absolute atomic E-state index is 5.75. The number of fused-ring (bicyclic) bond motifs is 1. The highest BCUT2D eigenvalue weighted by atomic mass is 16.6. The number of nitrogens with one attached hydrogen (secondary N) is 1. The molecule has 1 aliphatic heterocycles. The molecule has 0 bridgehead atoms. The van der Waals surface area contributed by atoms with Crippen LogP contribution >= 0.6 is 0 Å². The van der Waals surface area contributed by atoms with Gasteiger partial charge in [-0.05, 0) is 37.3 Å². The lowest BCUT2D eigenvalue weighted by Gasteiger charge is -2.26. The fourth-order valence-electron chi connectivity index (χ4n) is 3.62. The smallest absolute Gasteiger partial charge is 0.165 e. The van der Waals surface area contributed by atoms with E-state index in [9.17, 15) is 0 Å². The van der Waals surface area contributed by atoms with E-state index in [1.54, 1.807) is 0 Å². The molecule has 1 heterocycles. The molecular formula is C18H27NO2. The minimum Gasteiger partial charge on any atom is -0.486 e. The van der Waals surface area contributed by atoms with E-state index in [0.29, 0.717) is 13.2 Å². The van der Waals surface area contributed by atoms with E-state index in [1.807, 2.05) is 12.1 Å². The fraction of sp³-hybridized carbons (Fsp3) is 0.667. The van der Waals surface area contributed by atoms with Gasteiger partial charge in [0.2, 0.25) is 0 Å². The van der Waals surface area contributed by atoms with Gasteiger partial charge in [-0.2, -0.15) is 0 Å². The molecule has 1 aromatic carbocycles. The van der Waals surface area contributed by atoms with E-state index in [4.69, 9.17) is 9.47 Å². The average molecular weight is 289 g/mol. The summed E-state index contributed by atoms with van der Waals surface area (Å²) >= 11 is 0. The largest absolute Gasteiger partial charge is 0.486 e. The Balaban J connectivity index is 1.45. The van der Waals surface area contributed by atoms with Crippen LogP contribution in [0.5, 0.6) is 11.5 Å². The lowest BCUT2D eigenvalue weighted by atomic mass is 9.81. The highest BCUT2D eigenvalue weighted by Gasteiger charge is 2.18. The monoisotopic (exact) mass is 289 g/mol. The molecule has 116 valence electrons. The zero-order chi connectivity index (χ0) is 14.5. The van der Waals surface area contributed by atoms with Gasteiger partial charge in [-0.3, -0.25) is 0 Å². The van der Waals surface area contributed by atoms with Gasteiger partial charge in [0, 0.05) is 12.1 Å². The molecule has 3 rings (SSSR count). The minimum absolute atomic E-state index is 0.656. The van der Waals surface area contributed by atoms with Crippen molar-refractivity contribution in [2.45, 2.75) is 45.6 Å². The third kappa shape index (κ3) is 3.91. The van der Waals surface area contributed by atoms with Crippen molar-refractivity contribution in [2.75, 3.05) is 19.8 Å². The highest BCUT2D eigenvalue weighted by molar-refractivity contribution is 5.47. The average Bonchev–Trinajstić information content (AvgIpc) is 2.52. The summed E-state index contributed by atoms with van der Waals surface area (Å²) in [6.45, 7) is 5.68. The highest BCUT2D eigenvalue weighted by Crippen LogP contribution is 2.33. The molecule has 2 atom stereocenters. The lowest BCUT2D eigenvalue weighted by Crippen LogP contribution is -2.22. The topological polar surface area (TPSA) is 30.5 Å². The van der Waals surface area contributed by atoms with Crippen molar-refractivity contribution < 1.29 is 9.47 Å². The number of benzene rings is 1. The molecule has 1 aliphatic carbocycles. The van der Waals surface area contributed by atoms with Gasteiger partial charge in [0.25, 0.3) is 0 Å². The molecule has 3 heteroatoms. The third-order valence-electron chi connectivity index (χ3n) is 4.74. The number of ether oxygens (including phenoxy) is 2. The predicted molar refractivity (Wildman–Crippen MR) is 84.9 cm³/mol. The van der Waals surface area contributed by atoms with Gasteiger partial charge in [0.05, 0.1) is 0 Å². The number of hydrogen-bond acceptors (Lipinski definition) is 3. The SMILES string of the molecule is CC1CCCC(CCNCc2cccc3c2OCCO3)C1. The fourth-order valence-corrected chi connectivity index (χ4v) is 3.62. The van der Waals surface area contributed by atoms with E-state index in [-0.39, 0.29) is 0 Å². The first-order valence-corrected chi connectivity index (χ1v) is 8.41. The Kier molecular flexibility index (Phi) is 5.02. The molecule has 1 saturated carbocycles. The second-order valence-corrected chi connectivity index (χ2v) is 6.54. The molecule has 3 nitrogen and oxygen atoms in total. The van der Waals surface area contributed by atoms with Gasteiger partial charge in [0.1, 0.15) is 13.2 Å². The summed E-state index contributed by atoms with van der Waals surface area (Å²) in [5.41, 5.74) is 1.21. The molecule has 0 spiro atoms. The van der Waals surface area contributed by atoms with Gasteiger partial charge >= 0.3 is 0 Å². The number of hydrogen-bond donors (Lipinski definition) is 1. The maximum Gasteiger partial charge on any atom is 0.165 e. The molecule has 0 saturated heterocycles. The number of para-hydroxylation sites is 1. The Bertz CT molecular complexity index is 461. The summed E-state index contributed by atoms with van der Waals surface area (Å²) in [6.07, 6.45) is 6.99. The zero-order valence-corrected chi connectivity index (χ0v) is 13.1. The molecule has 0 aromatic heterocycles. The normalized spacial score (nSPS) is 24.8. The minimum atomic E-state index is 0.656. The Morgan fingerprint density at radius 3 is 3.00 bits per heavy atom. The van der Waals surface area contributed by atoms with Crippen LogP contribution in [-0.2, 0) is 6.54 Å². The lowest BCUT2D eigenvalue weighted by molar-refractivity contribution is 0.169.